The Kier molecular flexibility index (Phi) is 61.5. The molecule has 0 fully saturated rings. The molecule has 0 aromatic heterocycles. The van der Waals surface area contributed by atoms with Gasteiger partial charge in [-0.15, -0.1) is 0 Å². The second kappa shape index (κ2) is 62.8. The van der Waals surface area contributed by atoms with Gasteiger partial charge in [-0.1, -0.05) is 312 Å². The Morgan fingerprint density at radius 1 is 0.297 bits per heavy atom. The Hall–Kier alpha value is -1.94. The first kappa shape index (κ1) is 89.1. The van der Waals surface area contributed by atoms with E-state index in [4.69, 9.17) is 37.0 Å². The molecule has 5 atom stereocenters. The Bertz CT molecular complexity index is 1780. The van der Waals surface area contributed by atoms with Gasteiger partial charge in [-0.05, 0) is 43.4 Å². The highest BCUT2D eigenvalue weighted by atomic mass is 31.2. The fraction of sp³-hybridized carbons (Fsp3) is 0.944. The van der Waals surface area contributed by atoms with Crippen molar-refractivity contribution in [2.75, 3.05) is 39.6 Å². The van der Waals surface area contributed by atoms with Gasteiger partial charge in [-0.25, -0.2) is 9.13 Å². The fourth-order valence-corrected chi connectivity index (χ4v) is 12.5. The number of esters is 4. The zero-order valence-electron chi connectivity index (χ0n) is 59.3. The number of carbonyl (C=O) groups is 4. The van der Waals surface area contributed by atoms with Crippen LogP contribution in [0.3, 0.4) is 0 Å². The summed E-state index contributed by atoms with van der Waals surface area (Å²) in [5, 5.41) is 10.6. The lowest BCUT2D eigenvalue weighted by Gasteiger charge is -2.21. The maximum atomic E-state index is 13.0. The van der Waals surface area contributed by atoms with E-state index in [1.165, 1.54) is 167 Å². The van der Waals surface area contributed by atoms with Gasteiger partial charge in [0.25, 0.3) is 0 Å². The van der Waals surface area contributed by atoms with E-state index in [0.717, 1.165) is 102 Å². The maximum Gasteiger partial charge on any atom is 0.472 e. The lowest BCUT2D eigenvalue weighted by Crippen LogP contribution is -2.30. The van der Waals surface area contributed by atoms with Gasteiger partial charge in [0.15, 0.2) is 12.2 Å². The molecule has 0 aromatic carbocycles. The van der Waals surface area contributed by atoms with Crippen LogP contribution in [0.15, 0.2) is 0 Å². The van der Waals surface area contributed by atoms with Crippen LogP contribution < -0.4 is 0 Å². The topological polar surface area (TPSA) is 237 Å². The molecule has 0 bridgehead atoms. The van der Waals surface area contributed by atoms with Gasteiger partial charge < -0.3 is 33.8 Å². The molecule has 0 rings (SSSR count). The number of aliphatic hydroxyl groups is 1. The lowest BCUT2D eigenvalue weighted by atomic mass is 10.0. The molecule has 0 aliphatic carbocycles. The summed E-state index contributed by atoms with van der Waals surface area (Å²) >= 11 is 0. The number of phosphoric ester groups is 2. The van der Waals surface area contributed by atoms with Crippen LogP contribution in [0.25, 0.3) is 0 Å². The van der Waals surface area contributed by atoms with Crippen LogP contribution >= 0.6 is 15.6 Å². The average molecular weight is 1340 g/mol. The molecule has 2 unspecified atom stereocenters. The van der Waals surface area contributed by atoms with E-state index in [0.29, 0.717) is 37.5 Å². The van der Waals surface area contributed by atoms with Crippen molar-refractivity contribution >= 4 is 39.5 Å². The van der Waals surface area contributed by atoms with Crippen LogP contribution in [0.2, 0.25) is 0 Å². The van der Waals surface area contributed by atoms with E-state index in [-0.39, 0.29) is 25.7 Å². The number of aliphatic hydroxyl groups excluding tert-OH is 1. The molecule has 3 N–H and O–H groups in total. The predicted octanol–water partition coefficient (Wildman–Crippen LogP) is 20.6. The molecule has 0 radical (unpaired) electrons. The van der Waals surface area contributed by atoms with E-state index in [1.807, 2.05) is 0 Å². The molecule has 0 saturated heterocycles. The second-order valence-electron chi connectivity index (χ2n) is 27.4. The summed E-state index contributed by atoms with van der Waals surface area (Å²) in [4.78, 5) is 72.6. The molecule has 0 saturated carbocycles. The Morgan fingerprint density at radius 2 is 0.505 bits per heavy atom. The Labute approximate surface area is 556 Å². The molecular formula is C72H140O17P2. The van der Waals surface area contributed by atoms with Crippen LogP contribution in [0.5, 0.6) is 0 Å². The summed E-state index contributed by atoms with van der Waals surface area (Å²) in [6.45, 7) is 11.8. The van der Waals surface area contributed by atoms with Crippen molar-refractivity contribution in [1.29, 1.82) is 0 Å². The van der Waals surface area contributed by atoms with Gasteiger partial charge in [0.2, 0.25) is 0 Å². The van der Waals surface area contributed by atoms with Crippen molar-refractivity contribution in [1.82, 2.24) is 0 Å². The molecule has 0 amide bonds. The molecule has 17 nitrogen and oxygen atoms in total. The number of phosphoric acid groups is 2. The van der Waals surface area contributed by atoms with Gasteiger partial charge in [-0.2, -0.15) is 0 Å². The van der Waals surface area contributed by atoms with Crippen molar-refractivity contribution in [2.24, 2.45) is 17.8 Å². The number of unbranched alkanes of at least 4 members (excludes halogenated alkanes) is 38. The highest BCUT2D eigenvalue weighted by Gasteiger charge is 2.30. The van der Waals surface area contributed by atoms with E-state index >= 15 is 0 Å². The number of carbonyl (C=O) groups excluding carboxylic acids is 4. The van der Waals surface area contributed by atoms with Crippen LogP contribution in [-0.2, 0) is 65.4 Å². The van der Waals surface area contributed by atoms with E-state index in [9.17, 15) is 43.2 Å². The molecule has 19 heteroatoms. The van der Waals surface area contributed by atoms with E-state index in [1.54, 1.807) is 0 Å². The molecule has 540 valence electrons. The van der Waals surface area contributed by atoms with Gasteiger partial charge in [0.1, 0.15) is 19.3 Å². The van der Waals surface area contributed by atoms with E-state index < -0.39 is 97.5 Å². The van der Waals surface area contributed by atoms with Crippen molar-refractivity contribution in [2.45, 2.75) is 381 Å². The summed E-state index contributed by atoms with van der Waals surface area (Å²) in [5.41, 5.74) is 0. The third-order valence-electron chi connectivity index (χ3n) is 16.6. The van der Waals surface area contributed by atoms with Crippen molar-refractivity contribution in [3.63, 3.8) is 0 Å². The van der Waals surface area contributed by atoms with Gasteiger partial charge in [0, 0.05) is 25.7 Å². The molecule has 0 aliphatic heterocycles. The average Bonchev–Trinajstić information content (AvgIpc) is 3.72. The monoisotopic (exact) mass is 1340 g/mol. The summed E-state index contributed by atoms with van der Waals surface area (Å²) in [7, 11) is -9.90. The van der Waals surface area contributed by atoms with Crippen LogP contribution in [0, 0.1) is 17.8 Å². The highest BCUT2D eigenvalue weighted by molar-refractivity contribution is 7.47. The van der Waals surface area contributed by atoms with Crippen LogP contribution in [-0.4, -0.2) is 96.7 Å². The zero-order valence-corrected chi connectivity index (χ0v) is 61.1. The first-order valence-electron chi connectivity index (χ1n) is 37.3. The Morgan fingerprint density at radius 3 is 0.747 bits per heavy atom. The first-order chi connectivity index (χ1) is 43.7. The minimum absolute atomic E-state index is 0.103. The molecule has 91 heavy (non-hydrogen) atoms. The normalized spacial score (nSPS) is 14.2. The molecule has 0 spiro atoms. The largest absolute Gasteiger partial charge is 0.472 e. The van der Waals surface area contributed by atoms with Crippen molar-refractivity contribution in [3.8, 4) is 0 Å². The van der Waals surface area contributed by atoms with Gasteiger partial charge >= 0.3 is 39.5 Å². The molecular weight excluding hydrogens is 1200 g/mol. The van der Waals surface area contributed by atoms with Gasteiger partial charge in [0.05, 0.1) is 26.4 Å². The quantitative estimate of drug-likeness (QED) is 0.0222. The third kappa shape index (κ3) is 66.5. The smallest absolute Gasteiger partial charge is 0.462 e. The van der Waals surface area contributed by atoms with Crippen molar-refractivity contribution < 1.29 is 80.2 Å². The predicted molar refractivity (Wildman–Crippen MR) is 368 cm³/mol. The SMILES string of the molecule is CCCCCCCCCCCCCCCCCCCC(=O)O[C@H](COC(=O)CCCCCCCCCCCCCC(C)C)COP(=O)(O)OC[C@@H](O)COP(=O)(O)OC[C@@H](COC(=O)CCCCCCCCCC(C)C)OC(=O)CCCCCCCCCC(C)C. The second-order valence-corrected chi connectivity index (χ2v) is 30.3. The summed E-state index contributed by atoms with van der Waals surface area (Å²) in [6, 6.07) is 0. The summed E-state index contributed by atoms with van der Waals surface area (Å²) in [5.74, 6) is 0.0457. The first-order valence-corrected chi connectivity index (χ1v) is 40.3. The summed E-state index contributed by atoms with van der Waals surface area (Å²) in [6.07, 6.45) is 47.4. The molecule has 0 aliphatic rings. The lowest BCUT2D eigenvalue weighted by molar-refractivity contribution is -0.161. The van der Waals surface area contributed by atoms with E-state index in [2.05, 4.69) is 48.5 Å². The highest BCUT2D eigenvalue weighted by Crippen LogP contribution is 2.45. The number of ether oxygens (including phenoxy) is 4. The third-order valence-corrected chi connectivity index (χ3v) is 18.5. The molecule has 0 aromatic rings. The molecule has 0 heterocycles. The van der Waals surface area contributed by atoms with Crippen molar-refractivity contribution in [3.05, 3.63) is 0 Å². The van der Waals surface area contributed by atoms with Gasteiger partial charge in [-0.3, -0.25) is 37.3 Å². The number of hydrogen-bond donors (Lipinski definition) is 3. The minimum atomic E-state index is -4.95. The minimum Gasteiger partial charge on any atom is -0.462 e. The summed E-state index contributed by atoms with van der Waals surface area (Å²) < 4.78 is 68.3. The zero-order chi connectivity index (χ0) is 67.3. The fourth-order valence-electron chi connectivity index (χ4n) is 10.9. The number of hydrogen-bond acceptors (Lipinski definition) is 15. The Balaban J connectivity index is 5.23. The van der Waals surface area contributed by atoms with Crippen LogP contribution in [0.4, 0.5) is 0 Å². The van der Waals surface area contributed by atoms with Crippen LogP contribution in [0.1, 0.15) is 363 Å². The maximum absolute atomic E-state index is 13.0. The number of rotatable bonds is 70. The standard InChI is InChI=1S/C72H140O17P2/c1-8-9-10-11-12-13-14-15-16-17-18-19-22-26-33-41-48-55-71(76)88-67(59-82-69(74)53-46-39-32-25-23-20-21-24-29-36-43-50-63(2)3)61-86-90(78,79)84-57-66(73)58-85-91(80,81)87-62-68(89-72(77)56-49-42-35-28-31-38-45-52-65(6)7)60-83-70(75)54-47-40-34-27-30-37-44-51-64(4)5/h63-68,73H,8-62H2,1-7H3,(H,78,79)(H,80,81)/t66-,67-,68-/m1/s1.